The molecule has 0 amide bonds. The Morgan fingerprint density at radius 1 is 1.33 bits per heavy atom. The van der Waals surface area contributed by atoms with Gasteiger partial charge in [-0.3, -0.25) is 4.79 Å². The number of halogens is 1. The van der Waals surface area contributed by atoms with Gasteiger partial charge in [0.2, 0.25) is 5.24 Å². The Hall–Kier alpha value is -0.470. The van der Waals surface area contributed by atoms with Crippen LogP contribution in [0.25, 0.3) is 0 Å². The second-order valence-corrected chi connectivity index (χ2v) is 5.41. The fourth-order valence-corrected chi connectivity index (χ4v) is 2.70. The van der Waals surface area contributed by atoms with E-state index in [1.165, 1.54) is 5.56 Å². The topological polar surface area (TPSA) is 17.1 Å². The van der Waals surface area contributed by atoms with Crippen LogP contribution in [-0.4, -0.2) is 10.5 Å². The van der Waals surface area contributed by atoms with E-state index < -0.39 is 0 Å². The zero-order chi connectivity index (χ0) is 11.4. The van der Waals surface area contributed by atoms with Gasteiger partial charge in [0.05, 0.1) is 5.25 Å². The van der Waals surface area contributed by atoms with Crippen molar-refractivity contribution in [3.05, 3.63) is 29.8 Å². The van der Waals surface area contributed by atoms with E-state index in [1.54, 1.807) is 11.8 Å². The van der Waals surface area contributed by atoms with Gasteiger partial charge in [-0.2, -0.15) is 0 Å². The summed E-state index contributed by atoms with van der Waals surface area (Å²) in [6, 6.07) is 8.03. The van der Waals surface area contributed by atoms with Crippen LogP contribution < -0.4 is 0 Å². The highest BCUT2D eigenvalue weighted by molar-refractivity contribution is 8.00. The highest BCUT2D eigenvalue weighted by Crippen LogP contribution is 2.31. The molecule has 1 unspecified atom stereocenters. The summed E-state index contributed by atoms with van der Waals surface area (Å²) in [5, 5.41) is -0.425. The number of carbonyl (C=O) groups is 1. The van der Waals surface area contributed by atoms with Crippen molar-refractivity contribution in [3.8, 4) is 0 Å². The third-order valence-electron chi connectivity index (χ3n) is 2.18. The molecule has 15 heavy (non-hydrogen) atoms. The Kier molecular flexibility index (Phi) is 4.68. The molecule has 82 valence electrons. The fraction of sp³-hybridized carbons (Fsp3) is 0.417. The van der Waals surface area contributed by atoms with Crippen LogP contribution in [0, 0.1) is 12.8 Å². The van der Waals surface area contributed by atoms with Gasteiger partial charge in [0.1, 0.15) is 0 Å². The van der Waals surface area contributed by atoms with Crippen molar-refractivity contribution in [2.24, 2.45) is 5.92 Å². The van der Waals surface area contributed by atoms with Gasteiger partial charge in [0.25, 0.3) is 0 Å². The third kappa shape index (κ3) is 3.54. The lowest BCUT2D eigenvalue weighted by molar-refractivity contribution is -0.111. The Morgan fingerprint density at radius 3 is 2.40 bits per heavy atom. The molecule has 0 aliphatic rings. The molecule has 0 saturated carbocycles. The first-order valence-electron chi connectivity index (χ1n) is 4.94. The Bertz CT molecular complexity index is 349. The van der Waals surface area contributed by atoms with E-state index in [1.807, 2.05) is 45.0 Å². The fourth-order valence-electron chi connectivity index (χ4n) is 1.27. The van der Waals surface area contributed by atoms with E-state index in [-0.39, 0.29) is 16.4 Å². The summed E-state index contributed by atoms with van der Waals surface area (Å²) in [6.45, 7) is 6.06. The molecule has 0 spiro atoms. The second kappa shape index (κ2) is 5.57. The van der Waals surface area contributed by atoms with Crippen LogP contribution in [0.1, 0.15) is 19.4 Å². The van der Waals surface area contributed by atoms with Crippen molar-refractivity contribution >= 4 is 28.6 Å². The lowest BCUT2D eigenvalue weighted by Crippen LogP contribution is -2.18. The SMILES string of the molecule is Cc1ccccc1SC(C(=O)Cl)C(C)C. The standard InChI is InChI=1S/C12H15ClOS/c1-8(2)11(12(13)14)15-10-7-5-4-6-9(10)3/h4-8,11H,1-3H3. The minimum atomic E-state index is -0.266. The summed E-state index contributed by atoms with van der Waals surface area (Å²) >= 11 is 7.13. The van der Waals surface area contributed by atoms with Crippen LogP contribution in [0.2, 0.25) is 0 Å². The van der Waals surface area contributed by atoms with Crippen LogP contribution in [0.3, 0.4) is 0 Å². The van der Waals surface area contributed by atoms with E-state index >= 15 is 0 Å². The predicted molar refractivity (Wildman–Crippen MR) is 66.5 cm³/mol. The normalized spacial score (nSPS) is 12.9. The van der Waals surface area contributed by atoms with Crippen molar-refractivity contribution in [1.82, 2.24) is 0 Å². The number of hydrogen-bond donors (Lipinski definition) is 0. The lowest BCUT2D eigenvalue weighted by atomic mass is 10.1. The summed E-state index contributed by atoms with van der Waals surface area (Å²) in [7, 11) is 0. The number of rotatable bonds is 4. The van der Waals surface area contributed by atoms with Gasteiger partial charge >= 0.3 is 0 Å². The molecule has 0 bridgehead atoms. The Morgan fingerprint density at radius 2 is 1.93 bits per heavy atom. The average molecular weight is 243 g/mol. The summed E-state index contributed by atoms with van der Waals surface area (Å²) in [6.07, 6.45) is 0. The van der Waals surface area contributed by atoms with E-state index in [9.17, 15) is 4.79 Å². The van der Waals surface area contributed by atoms with Crippen molar-refractivity contribution in [3.63, 3.8) is 0 Å². The molecule has 0 fully saturated rings. The van der Waals surface area contributed by atoms with Crippen molar-refractivity contribution in [2.45, 2.75) is 30.9 Å². The highest BCUT2D eigenvalue weighted by atomic mass is 35.5. The van der Waals surface area contributed by atoms with Gasteiger partial charge in [0, 0.05) is 4.90 Å². The molecular weight excluding hydrogens is 228 g/mol. The zero-order valence-electron chi connectivity index (χ0n) is 9.16. The van der Waals surface area contributed by atoms with E-state index in [0.29, 0.717) is 0 Å². The molecule has 0 radical (unpaired) electrons. The number of thioether (sulfide) groups is 1. The summed E-state index contributed by atoms with van der Waals surface area (Å²) in [5.74, 6) is 0.250. The summed E-state index contributed by atoms with van der Waals surface area (Å²) < 4.78 is 0. The quantitative estimate of drug-likeness (QED) is 0.589. The van der Waals surface area contributed by atoms with Crippen LogP contribution in [0.15, 0.2) is 29.2 Å². The van der Waals surface area contributed by atoms with Gasteiger partial charge in [0.15, 0.2) is 0 Å². The molecule has 1 rings (SSSR count). The first kappa shape index (κ1) is 12.6. The summed E-state index contributed by atoms with van der Waals surface area (Å²) in [5.41, 5.74) is 1.19. The van der Waals surface area contributed by atoms with Gasteiger partial charge in [-0.15, -0.1) is 11.8 Å². The summed E-state index contributed by atoms with van der Waals surface area (Å²) in [4.78, 5) is 12.4. The van der Waals surface area contributed by atoms with Gasteiger partial charge < -0.3 is 0 Å². The molecule has 1 aromatic rings. The smallest absolute Gasteiger partial charge is 0.235 e. The van der Waals surface area contributed by atoms with Crippen LogP contribution in [0.5, 0.6) is 0 Å². The first-order valence-corrected chi connectivity index (χ1v) is 6.19. The highest BCUT2D eigenvalue weighted by Gasteiger charge is 2.21. The monoisotopic (exact) mass is 242 g/mol. The molecular formula is C12H15ClOS. The maximum atomic E-state index is 11.2. The molecule has 0 N–H and O–H groups in total. The van der Waals surface area contributed by atoms with Gasteiger partial charge in [-0.1, -0.05) is 32.0 Å². The first-order chi connectivity index (χ1) is 7.02. The zero-order valence-corrected chi connectivity index (χ0v) is 10.7. The van der Waals surface area contributed by atoms with Crippen LogP contribution in [0.4, 0.5) is 0 Å². The molecule has 0 saturated heterocycles. The van der Waals surface area contributed by atoms with Crippen LogP contribution in [-0.2, 0) is 4.79 Å². The van der Waals surface area contributed by atoms with Crippen molar-refractivity contribution in [2.75, 3.05) is 0 Å². The number of benzene rings is 1. The third-order valence-corrected chi connectivity index (χ3v) is 4.27. The molecule has 1 atom stereocenters. The lowest BCUT2D eigenvalue weighted by Gasteiger charge is -2.16. The molecule has 3 heteroatoms. The number of hydrogen-bond acceptors (Lipinski definition) is 2. The minimum absolute atomic E-state index is 0.159. The van der Waals surface area contributed by atoms with Gasteiger partial charge in [-0.25, -0.2) is 0 Å². The van der Waals surface area contributed by atoms with E-state index in [4.69, 9.17) is 11.6 Å². The molecule has 1 aromatic carbocycles. The molecule has 1 nitrogen and oxygen atoms in total. The molecule has 0 heterocycles. The average Bonchev–Trinajstić information content (AvgIpc) is 2.15. The second-order valence-electron chi connectivity index (χ2n) is 3.85. The number of aryl methyl sites for hydroxylation is 1. The maximum absolute atomic E-state index is 11.2. The largest absolute Gasteiger partial charge is 0.280 e. The van der Waals surface area contributed by atoms with Crippen molar-refractivity contribution < 1.29 is 4.79 Å². The van der Waals surface area contributed by atoms with Crippen molar-refractivity contribution in [1.29, 1.82) is 0 Å². The predicted octanol–water partition coefficient (Wildman–Crippen LogP) is 3.88. The molecule has 0 aliphatic carbocycles. The van der Waals surface area contributed by atoms with E-state index in [0.717, 1.165) is 4.90 Å². The maximum Gasteiger partial charge on any atom is 0.235 e. The van der Waals surface area contributed by atoms with E-state index in [2.05, 4.69) is 0 Å². The molecule has 0 aromatic heterocycles. The molecule has 0 aliphatic heterocycles. The Balaban J connectivity index is 2.84. The van der Waals surface area contributed by atoms with Crippen LogP contribution >= 0.6 is 23.4 Å². The number of carbonyl (C=O) groups excluding carboxylic acids is 1. The Labute approximate surface area is 100 Å². The van der Waals surface area contributed by atoms with Gasteiger partial charge in [-0.05, 0) is 36.1 Å². The minimum Gasteiger partial charge on any atom is -0.280 e.